The third kappa shape index (κ3) is 6.21. The quantitative estimate of drug-likeness (QED) is 0.683. The van der Waals surface area contributed by atoms with E-state index in [0.717, 1.165) is 11.6 Å². The number of hydrogen-bond acceptors (Lipinski definition) is 4. The van der Waals surface area contributed by atoms with Crippen LogP contribution in [0.25, 0.3) is 6.08 Å². The third-order valence-electron chi connectivity index (χ3n) is 3.83. The summed E-state index contributed by atoms with van der Waals surface area (Å²) in [5.41, 5.74) is 1.44. The van der Waals surface area contributed by atoms with Gasteiger partial charge in [0.15, 0.2) is 0 Å². The topological polar surface area (TPSA) is 104 Å². The van der Waals surface area contributed by atoms with Crippen LogP contribution in [0.5, 0.6) is 0 Å². The summed E-state index contributed by atoms with van der Waals surface area (Å²) in [7, 11) is 0. The number of aliphatic carboxylic acids is 1. The molecule has 2 aromatic rings. The van der Waals surface area contributed by atoms with Crippen molar-refractivity contribution in [3.05, 3.63) is 77.9 Å². The van der Waals surface area contributed by atoms with Gasteiger partial charge >= 0.3 is 12.0 Å². The average molecular weight is 379 g/mol. The van der Waals surface area contributed by atoms with Gasteiger partial charge in [-0.2, -0.15) is 0 Å². The zero-order chi connectivity index (χ0) is 20.4. The highest BCUT2D eigenvalue weighted by atomic mass is 16.4. The molecule has 0 aliphatic rings. The van der Waals surface area contributed by atoms with Gasteiger partial charge in [0.25, 0.3) is 5.91 Å². The number of carbonyl (C=O) groups excluding carboxylic acids is 3. The van der Waals surface area contributed by atoms with E-state index in [4.69, 9.17) is 0 Å². The van der Waals surface area contributed by atoms with Gasteiger partial charge in [-0.1, -0.05) is 60.7 Å². The van der Waals surface area contributed by atoms with Crippen LogP contribution in [0, 0.1) is 0 Å². The lowest BCUT2D eigenvalue weighted by Crippen LogP contribution is -2.51. The minimum atomic E-state index is -1.25. The third-order valence-corrected chi connectivity index (χ3v) is 3.83. The molecule has 0 saturated heterocycles. The van der Waals surface area contributed by atoms with E-state index < -0.39 is 30.5 Å². The minimum absolute atomic E-state index is 0.0363. The minimum Gasteiger partial charge on any atom is -0.480 e. The molecule has 0 heterocycles. The Labute approximate surface area is 162 Å². The summed E-state index contributed by atoms with van der Waals surface area (Å²) in [5.74, 6) is -2.01. The Morgan fingerprint density at radius 2 is 1.64 bits per heavy atom. The van der Waals surface area contributed by atoms with Gasteiger partial charge in [-0.25, -0.2) is 9.59 Å². The summed E-state index contributed by atoms with van der Waals surface area (Å²) in [6.07, 6.45) is 4.16. The Balaban J connectivity index is 2.09. The standard InChI is InChI=1S/C21H19N2O5/c24-14-13-23(19(25)12-11-16-7-3-1-4-8-16)21(28)22-18(20(26)27)15-17-9-5-2-6-10-17/h1-12,18H,13,15H2,(H,22,28)(H,26,27). The smallest absolute Gasteiger partial charge is 0.326 e. The number of rotatable bonds is 8. The first kappa shape index (κ1) is 20.6. The number of carbonyl (C=O) groups is 3. The Morgan fingerprint density at radius 3 is 2.21 bits per heavy atom. The molecule has 143 valence electrons. The lowest BCUT2D eigenvalue weighted by molar-refractivity contribution is -0.139. The van der Waals surface area contributed by atoms with E-state index in [2.05, 4.69) is 5.32 Å². The van der Waals surface area contributed by atoms with Gasteiger partial charge in [-0.15, -0.1) is 0 Å². The molecule has 1 radical (unpaired) electrons. The Kier molecular flexibility index (Phi) is 7.65. The van der Waals surface area contributed by atoms with Crippen molar-refractivity contribution < 1.29 is 24.3 Å². The first-order valence-corrected chi connectivity index (χ1v) is 8.48. The fourth-order valence-corrected chi connectivity index (χ4v) is 2.41. The fraction of sp³-hybridized carbons (Fsp3) is 0.143. The molecule has 0 aliphatic carbocycles. The number of carboxylic acids is 1. The van der Waals surface area contributed by atoms with Gasteiger partial charge in [0.1, 0.15) is 6.04 Å². The van der Waals surface area contributed by atoms with Crippen molar-refractivity contribution in [1.29, 1.82) is 0 Å². The number of nitrogens with zero attached hydrogens (tertiary/aromatic N) is 1. The molecule has 0 spiro atoms. The highest BCUT2D eigenvalue weighted by Crippen LogP contribution is 2.06. The van der Waals surface area contributed by atoms with Crippen LogP contribution in [0.2, 0.25) is 0 Å². The van der Waals surface area contributed by atoms with Gasteiger partial charge in [0, 0.05) is 12.5 Å². The highest BCUT2D eigenvalue weighted by molar-refractivity contribution is 6.04. The molecule has 1 unspecified atom stereocenters. The molecule has 0 saturated carbocycles. The molecule has 28 heavy (non-hydrogen) atoms. The molecule has 0 bridgehead atoms. The largest absolute Gasteiger partial charge is 0.480 e. The summed E-state index contributed by atoms with van der Waals surface area (Å²) in [6, 6.07) is 15.4. The second kappa shape index (κ2) is 10.4. The zero-order valence-electron chi connectivity index (χ0n) is 14.9. The van der Waals surface area contributed by atoms with Crippen LogP contribution in [-0.4, -0.2) is 46.8 Å². The van der Waals surface area contributed by atoms with Crippen molar-refractivity contribution in [2.24, 2.45) is 0 Å². The van der Waals surface area contributed by atoms with E-state index in [1.165, 1.54) is 12.4 Å². The van der Waals surface area contributed by atoms with Crippen LogP contribution < -0.4 is 5.32 Å². The van der Waals surface area contributed by atoms with E-state index in [1.54, 1.807) is 54.6 Å². The maximum Gasteiger partial charge on any atom is 0.326 e. The van der Waals surface area contributed by atoms with E-state index in [0.29, 0.717) is 10.5 Å². The fourth-order valence-electron chi connectivity index (χ4n) is 2.41. The van der Waals surface area contributed by atoms with Crippen molar-refractivity contribution in [3.63, 3.8) is 0 Å². The van der Waals surface area contributed by atoms with Crippen LogP contribution in [-0.2, 0) is 20.8 Å². The number of amides is 3. The Bertz CT molecular complexity index is 850. The van der Waals surface area contributed by atoms with Crippen molar-refractivity contribution in [2.45, 2.75) is 12.5 Å². The lowest BCUT2D eigenvalue weighted by atomic mass is 10.1. The predicted octanol–water partition coefficient (Wildman–Crippen LogP) is 2.04. The Morgan fingerprint density at radius 1 is 1.04 bits per heavy atom. The molecule has 0 aromatic heterocycles. The summed E-state index contributed by atoms with van der Waals surface area (Å²) >= 11 is 0. The van der Waals surface area contributed by atoms with Crippen LogP contribution in [0.1, 0.15) is 11.1 Å². The molecule has 0 aliphatic heterocycles. The van der Waals surface area contributed by atoms with E-state index in [1.807, 2.05) is 6.07 Å². The van der Waals surface area contributed by atoms with Gasteiger partial charge < -0.3 is 10.4 Å². The van der Waals surface area contributed by atoms with E-state index in [-0.39, 0.29) is 6.42 Å². The van der Waals surface area contributed by atoms with Gasteiger partial charge in [0.05, 0.1) is 6.54 Å². The maximum absolute atomic E-state index is 12.4. The number of carboxylic acid groups (broad SMARTS) is 1. The molecule has 3 amide bonds. The predicted molar refractivity (Wildman–Crippen MR) is 103 cm³/mol. The summed E-state index contributed by atoms with van der Waals surface area (Å²) in [5, 5.41) is 11.7. The molecular formula is C21H19N2O5. The van der Waals surface area contributed by atoms with Crippen LogP contribution in [0.15, 0.2) is 66.7 Å². The number of urea groups is 1. The van der Waals surface area contributed by atoms with E-state index in [9.17, 15) is 24.3 Å². The molecule has 2 N–H and O–H groups in total. The number of imide groups is 1. The second-order valence-corrected chi connectivity index (χ2v) is 5.84. The monoisotopic (exact) mass is 379 g/mol. The molecule has 0 fully saturated rings. The maximum atomic E-state index is 12.4. The summed E-state index contributed by atoms with van der Waals surface area (Å²) in [6.45, 7) is -0.610. The zero-order valence-corrected chi connectivity index (χ0v) is 14.9. The van der Waals surface area contributed by atoms with E-state index >= 15 is 0 Å². The number of nitrogens with one attached hydrogen (secondary N) is 1. The van der Waals surface area contributed by atoms with Gasteiger partial charge in [-0.3, -0.25) is 14.5 Å². The molecule has 1 atom stereocenters. The van der Waals surface area contributed by atoms with Crippen molar-refractivity contribution in [2.75, 3.05) is 6.54 Å². The summed E-state index contributed by atoms with van der Waals surface area (Å²) in [4.78, 5) is 47.6. The highest BCUT2D eigenvalue weighted by Gasteiger charge is 2.26. The molecule has 2 rings (SSSR count). The van der Waals surface area contributed by atoms with Crippen LogP contribution in [0.4, 0.5) is 4.79 Å². The van der Waals surface area contributed by atoms with Crippen LogP contribution >= 0.6 is 0 Å². The Hall–Kier alpha value is -3.74. The molecule has 7 heteroatoms. The van der Waals surface area contributed by atoms with Crippen LogP contribution in [0.3, 0.4) is 0 Å². The molecule has 2 aromatic carbocycles. The SMILES string of the molecule is O=[C]CN(C(=O)C=Cc1ccccc1)C(=O)NC(Cc1ccccc1)C(=O)O. The second-order valence-electron chi connectivity index (χ2n) is 5.84. The van der Waals surface area contributed by atoms with Crippen molar-refractivity contribution >= 4 is 30.3 Å². The number of benzene rings is 2. The van der Waals surface area contributed by atoms with Crippen molar-refractivity contribution in [1.82, 2.24) is 10.2 Å². The average Bonchev–Trinajstić information content (AvgIpc) is 2.71. The normalized spacial score (nSPS) is 11.6. The first-order chi connectivity index (χ1) is 13.5. The van der Waals surface area contributed by atoms with Gasteiger partial charge in [-0.05, 0) is 17.2 Å². The lowest BCUT2D eigenvalue weighted by Gasteiger charge is -2.21. The molecular weight excluding hydrogens is 360 g/mol. The summed E-state index contributed by atoms with van der Waals surface area (Å²) < 4.78 is 0. The van der Waals surface area contributed by atoms with Crippen molar-refractivity contribution in [3.8, 4) is 0 Å². The number of hydrogen-bond donors (Lipinski definition) is 2. The van der Waals surface area contributed by atoms with Gasteiger partial charge in [0.2, 0.25) is 6.29 Å². The first-order valence-electron chi connectivity index (χ1n) is 8.48. The molecule has 7 nitrogen and oxygen atoms in total.